The van der Waals surface area contributed by atoms with Gasteiger partial charge in [0.25, 0.3) is 0 Å². The number of nitrogens with zero attached hydrogens (tertiary/aromatic N) is 2. The summed E-state index contributed by atoms with van der Waals surface area (Å²) in [5.41, 5.74) is 6.89. The highest BCUT2D eigenvalue weighted by atomic mass is 32.2. The SMILES string of the molecule is CC[C@H](C)[C@H](NC(=O)[C@H](Cc1cnc[nH]1)NC(=O)[C@@H](NC(=O)[C@H](CC(C)C)NC(=O)[C@@H](N)CC(=O)O)C(C)C)C(=O)N[C@H](C(=O)NCC(=O)N[C@@H](CCSC)C(=O)N1CCC[C@H]1C(=O)N[C@@H](Cc1ccccc1)C(=O)O)[C@@H](C)CC. The van der Waals surface area contributed by atoms with E-state index in [-0.39, 0.29) is 44.6 Å². The molecule has 444 valence electrons. The van der Waals surface area contributed by atoms with Gasteiger partial charge in [0.15, 0.2) is 0 Å². The number of aromatic amines is 1. The Kier molecular flexibility index (Phi) is 28.1. The lowest BCUT2D eigenvalue weighted by Gasteiger charge is -2.31. The number of aliphatic carboxylic acids is 2. The number of hydrogen-bond donors (Lipinski definition) is 12. The first kappa shape index (κ1) is 67.2. The van der Waals surface area contributed by atoms with Gasteiger partial charge in [0.1, 0.15) is 48.3 Å². The molecule has 1 aliphatic rings. The molecule has 1 fully saturated rings. The van der Waals surface area contributed by atoms with Crippen LogP contribution in [0.2, 0.25) is 0 Å². The number of amides is 9. The minimum absolute atomic E-state index is 0.0289. The third-order valence-electron chi connectivity index (χ3n) is 13.9. The summed E-state index contributed by atoms with van der Waals surface area (Å²) < 4.78 is 0. The van der Waals surface area contributed by atoms with Gasteiger partial charge in [-0.15, -0.1) is 0 Å². The van der Waals surface area contributed by atoms with E-state index in [1.807, 2.05) is 6.26 Å². The number of H-pyrrole nitrogens is 1. The molecule has 0 bridgehead atoms. The van der Waals surface area contributed by atoms with E-state index >= 15 is 0 Å². The lowest BCUT2D eigenvalue weighted by molar-refractivity contribution is -0.144. The molecule has 2 heterocycles. The van der Waals surface area contributed by atoms with Gasteiger partial charge in [-0.05, 0) is 66.9 Å². The van der Waals surface area contributed by atoms with Crippen LogP contribution in [0.3, 0.4) is 0 Å². The molecule has 0 spiro atoms. The van der Waals surface area contributed by atoms with Crippen molar-refractivity contribution in [3.63, 3.8) is 0 Å². The topological polar surface area (TPSA) is 382 Å². The molecule has 80 heavy (non-hydrogen) atoms. The number of imidazole rings is 1. The standard InChI is InChI=1S/C54H84N12O13S/c1-10-31(7)44(50(74)57-27-41(67)59-36(19-21-80-9)53(77)66-20-15-18-40(66)49(73)62-39(54(78)79)23-33-16-13-12-14-17-33)65-52(76)45(32(8)11-2)64-48(72)38(24-34-26-56-28-58-34)61-51(75)43(30(5)6)63-47(71)37(22-29(3)4)60-46(70)35(55)25-42(68)69/h12-14,16-17,26,28-32,35-40,43-45H,10-11,15,18-25,27,55H2,1-9H3,(H,56,58)(H,57,74)(H,59,67)(H,60,70)(H,61,75)(H,62,73)(H,63,71)(H,64,72)(H,65,76)(H,68,69)(H,78,79)/t31-,32-,35-,36-,37-,38-,39-,40-,43-,44-,45-/m0/s1. The van der Waals surface area contributed by atoms with Crippen LogP contribution in [0.4, 0.5) is 0 Å². The van der Waals surface area contributed by atoms with Gasteiger partial charge in [0, 0.05) is 31.3 Å². The summed E-state index contributed by atoms with van der Waals surface area (Å²) in [7, 11) is 0. The molecule has 1 aromatic carbocycles. The van der Waals surface area contributed by atoms with Gasteiger partial charge >= 0.3 is 11.9 Å². The van der Waals surface area contributed by atoms with Gasteiger partial charge in [-0.1, -0.05) is 98.6 Å². The van der Waals surface area contributed by atoms with Crippen LogP contribution < -0.4 is 48.3 Å². The smallest absolute Gasteiger partial charge is 0.326 e. The predicted molar refractivity (Wildman–Crippen MR) is 298 cm³/mol. The summed E-state index contributed by atoms with van der Waals surface area (Å²) in [5, 5.41) is 40.3. The van der Waals surface area contributed by atoms with Gasteiger partial charge in [0.2, 0.25) is 53.2 Å². The molecule has 13 N–H and O–H groups in total. The minimum atomic E-state index is -1.44. The summed E-state index contributed by atoms with van der Waals surface area (Å²) in [6.45, 7) is 13.5. The van der Waals surface area contributed by atoms with Crippen molar-refractivity contribution >= 4 is 76.9 Å². The predicted octanol–water partition coefficient (Wildman–Crippen LogP) is 0.130. The highest BCUT2D eigenvalue weighted by molar-refractivity contribution is 7.98. The monoisotopic (exact) mass is 1140 g/mol. The van der Waals surface area contributed by atoms with Gasteiger partial charge in [0.05, 0.1) is 25.3 Å². The number of benzene rings is 1. The fourth-order valence-electron chi connectivity index (χ4n) is 8.88. The fourth-order valence-corrected chi connectivity index (χ4v) is 9.35. The van der Waals surface area contributed by atoms with Crippen LogP contribution in [0.5, 0.6) is 0 Å². The summed E-state index contributed by atoms with van der Waals surface area (Å²) >= 11 is 1.43. The molecular formula is C54H84N12O13S. The normalized spacial score (nSPS) is 16.9. The van der Waals surface area contributed by atoms with E-state index in [1.165, 1.54) is 29.2 Å². The summed E-state index contributed by atoms with van der Waals surface area (Å²) in [4.78, 5) is 156. The molecule has 11 atom stereocenters. The van der Waals surface area contributed by atoms with E-state index < -0.39 is 150 Å². The van der Waals surface area contributed by atoms with Crippen molar-refractivity contribution < 1.29 is 63.0 Å². The third kappa shape index (κ3) is 21.5. The van der Waals surface area contributed by atoms with Crippen molar-refractivity contribution in [1.29, 1.82) is 0 Å². The zero-order valence-electron chi connectivity index (χ0n) is 47.3. The second-order valence-electron chi connectivity index (χ2n) is 21.1. The largest absolute Gasteiger partial charge is 0.481 e. The number of carbonyl (C=O) groups is 11. The highest BCUT2D eigenvalue weighted by Crippen LogP contribution is 2.21. The first-order valence-corrected chi connectivity index (χ1v) is 28.6. The summed E-state index contributed by atoms with van der Waals surface area (Å²) in [6.07, 6.45) is 5.67. The number of carboxylic acid groups (broad SMARTS) is 2. The van der Waals surface area contributed by atoms with Crippen LogP contribution in [0.15, 0.2) is 42.9 Å². The second-order valence-corrected chi connectivity index (χ2v) is 22.1. The lowest BCUT2D eigenvalue weighted by Crippen LogP contribution is -2.62. The van der Waals surface area contributed by atoms with Crippen LogP contribution in [-0.2, 0) is 65.6 Å². The Morgan fingerprint density at radius 3 is 1.86 bits per heavy atom. The first-order valence-electron chi connectivity index (χ1n) is 27.2. The average molecular weight is 1140 g/mol. The Balaban J connectivity index is 1.77. The number of carboxylic acids is 2. The molecule has 0 unspecified atom stereocenters. The van der Waals surface area contributed by atoms with Crippen molar-refractivity contribution in [2.75, 3.05) is 25.1 Å². The number of nitrogens with two attached hydrogens (primary N) is 1. The molecule has 9 amide bonds. The van der Waals surface area contributed by atoms with Crippen LogP contribution in [-0.4, -0.2) is 170 Å². The number of likely N-dealkylation sites (tertiary alicyclic amines) is 1. The summed E-state index contributed by atoms with van der Waals surface area (Å²) in [6, 6.07) is -2.26. The minimum Gasteiger partial charge on any atom is -0.481 e. The quantitative estimate of drug-likeness (QED) is 0.0443. The van der Waals surface area contributed by atoms with Crippen LogP contribution in [0.1, 0.15) is 112 Å². The lowest BCUT2D eigenvalue weighted by atomic mass is 9.94. The molecular weight excluding hydrogens is 1060 g/mol. The van der Waals surface area contributed by atoms with E-state index in [1.54, 1.807) is 85.7 Å². The van der Waals surface area contributed by atoms with Gasteiger partial charge in [-0.2, -0.15) is 11.8 Å². The van der Waals surface area contributed by atoms with Crippen molar-refractivity contribution in [2.45, 2.75) is 168 Å². The third-order valence-corrected chi connectivity index (χ3v) is 14.6. The zero-order valence-corrected chi connectivity index (χ0v) is 48.1. The maximum atomic E-state index is 14.4. The van der Waals surface area contributed by atoms with Gasteiger partial charge in [-0.3, -0.25) is 47.9 Å². The maximum Gasteiger partial charge on any atom is 0.326 e. The number of carbonyl (C=O) groups excluding carboxylic acids is 9. The van der Waals surface area contributed by atoms with Crippen LogP contribution in [0, 0.1) is 23.7 Å². The highest BCUT2D eigenvalue weighted by Gasteiger charge is 2.40. The Labute approximate surface area is 471 Å². The Morgan fingerprint density at radius 1 is 0.713 bits per heavy atom. The molecule has 0 radical (unpaired) electrons. The van der Waals surface area contributed by atoms with E-state index in [9.17, 15) is 57.8 Å². The molecule has 25 nitrogen and oxygen atoms in total. The van der Waals surface area contributed by atoms with E-state index in [0.29, 0.717) is 36.3 Å². The molecule has 26 heteroatoms. The van der Waals surface area contributed by atoms with Crippen molar-refractivity contribution in [2.24, 2.45) is 29.4 Å². The van der Waals surface area contributed by atoms with Gasteiger partial charge < -0.3 is 68.4 Å². The first-order chi connectivity index (χ1) is 37.8. The molecule has 2 aromatic rings. The second kappa shape index (κ2) is 33.5. The molecule has 0 aliphatic carbocycles. The van der Waals surface area contributed by atoms with Gasteiger partial charge in [-0.25, -0.2) is 9.78 Å². The Bertz CT molecular complexity index is 2410. The maximum absolute atomic E-state index is 14.4. The molecule has 0 saturated carbocycles. The number of rotatable bonds is 34. The molecule has 3 rings (SSSR count). The molecule has 1 aromatic heterocycles. The van der Waals surface area contributed by atoms with Crippen LogP contribution >= 0.6 is 11.8 Å². The number of aromatic nitrogens is 2. The van der Waals surface area contributed by atoms with Crippen molar-refractivity contribution in [1.82, 2.24) is 57.4 Å². The molecule has 1 aliphatic heterocycles. The van der Waals surface area contributed by atoms with Crippen molar-refractivity contribution in [3.8, 4) is 0 Å². The number of hydrogen-bond acceptors (Lipinski definition) is 14. The van der Waals surface area contributed by atoms with E-state index in [4.69, 9.17) is 10.8 Å². The number of thioether (sulfide) groups is 1. The Morgan fingerprint density at radius 2 is 1.30 bits per heavy atom. The average Bonchev–Trinajstić information content (AvgIpc) is 4.14. The van der Waals surface area contributed by atoms with E-state index in [0.717, 1.165) is 0 Å². The Hall–Kier alpha value is -7.09. The fraction of sp³-hybridized carbons (Fsp3) is 0.630. The summed E-state index contributed by atoms with van der Waals surface area (Å²) in [5.74, 6) is -10.4. The van der Waals surface area contributed by atoms with Crippen molar-refractivity contribution in [3.05, 3.63) is 54.1 Å². The number of nitrogens with one attached hydrogen (secondary N) is 9. The van der Waals surface area contributed by atoms with Crippen LogP contribution in [0.25, 0.3) is 0 Å². The van der Waals surface area contributed by atoms with E-state index in [2.05, 4.69) is 52.5 Å². The molecule has 1 saturated heterocycles. The zero-order chi connectivity index (χ0) is 59.8.